The van der Waals surface area contributed by atoms with Gasteiger partial charge in [0, 0.05) is 11.9 Å². The normalized spacial score (nSPS) is 10.7. The van der Waals surface area contributed by atoms with Crippen molar-refractivity contribution in [3.8, 4) is 5.75 Å². The number of nitrogens with one attached hydrogen (secondary N) is 1. The van der Waals surface area contributed by atoms with E-state index in [1.807, 2.05) is 32.2 Å². The van der Waals surface area contributed by atoms with E-state index in [9.17, 15) is 0 Å². The summed E-state index contributed by atoms with van der Waals surface area (Å²) in [5.41, 5.74) is 8.90. The third kappa shape index (κ3) is 1.21. The topological polar surface area (TPSA) is 51.0 Å². The van der Waals surface area contributed by atoms with Crippen molar-refractivity contribution < 1.29 is 4.74 Å². The lowest BCUT2D eigenvalue weighted by Gasteiger charge is -2.03. The molecule has 0 unspecified atom stereocenters. The van der Waals surface area contributed by atoms with Crippen LogP contribution in [0.4, 0.5) is 5.69 Å². The lowest BCUT2D eigenvalue weighted by atomic mass is 10.1. The highest BCUT2D eigenvalue weighted by Gasteiger charge is 2.08. The second-order valence-corrected chi connectivity index (χ2v) is 3.31. The van der Waals surface area contributed by atoms with E-state index >= 15 is 0 Å². The molecule has 0 bridgehead atoms. The summed E-state index contributed by atoms with van der Waals surface area (Å²) in [6.07, 6.45) is 1.86. The predicted octanol–water partition coefficient (Wildman–Crippen LogP) is 2.46. The predicted molar refractivity (Wildman–Crippen MR) is 58.6 cm³/mol. The van der Waals surface area contributed by atoms with E-state index in [4.69, 9.17) is 10.5 Å². The van der Waals surface area contributed by atoms with Crippen LogP contribution in [-0.2, 0) is 0 Å². The van der Waals surface area contributed by atoms with E-state index in [0.29, 0.717) is 6.61 Å². The number of fused-ring (bicyclic) bond motifs is 1. The molecule has 74 valence electrons. The smallest absolute Gasteiger partial charge is 0.146 e. The maximum absolute atomic E-state index is 5.90. The molecule has 3 nitrogen and oxygen atoms in total. The quantitative estimate of drug-likeness (QED) is 0.715. The molecule has 2 aromatic rings. The number of aromatic amines is 1. The highest BCUT2D eigenvalue weighted by atomic mass is 16.5. The van der Waals surface area contributed by atoms with Crippen molar-refractivity contribution >= 4 is 16.6 Å². The maximum Gasteiger partial charge on any atom is 0.146 e. The van der Waals surface area contributed by atoms with Crippen molar-refractivity contribution in [2.24, 2.45) is 0 Å². The van der Waals surface area contributed by atoms with Crippen molar-refractivity contribution in [1.29, 1.82) is 0 Å². The van der Waals surface area contributed by atoms with Gasteiger partial charge in [-0.3, -0.25) is 0 Å². The number of nitrogens with two attached hydrogens (primary N) is 1. The Morgan fingerprint density at radius 2 is 2.21 bits per heavy atom. The molecule has 0 fully saturated rings. The van der Waals surface area contributed by atoms with Gasteiger partial charge in [-0.25, -0.2) is 0 Å². The van der Waals surface area contributed by atoms with Gasteiger partial charge in [0.2, 0.25) is 0 Å². The van der Waals surface area contributed by atoms with Gasteiger partial charge < -0.3 is 15.5 Å². The molecular formula is C11H14N2O. The van der Waals surface area contributed by atoms with E-state index in [0.717, 1.165) is 22.3 Å². The van der Waals surface area contributed by atoms with E-state index < -0.39 is 0 Å². The molecule has 0 spiro atoms. The molecule has 0 aliphatic heterocycles. The minimum atomic E-state index is 0.653. The Kier molecular flexibility index (Phi) is 2.08. The molecule has 0 amide bonds. The number of H-pyrrole nitrogens is 1. The van der Waals surface area contributed by atoms with Gasteiger partial charge in [-0.2, -0.15) is 0 Å². The highest BCUT2D eigenvalue weighted by Crippen LogP contribution is 2.32. The van der Waals surface area contributed by atoms with E-state index in [2.05, 4.69) is 4.98 Å². The molecular weight excluding hydrogens is 176 g/mol. The molecule has 0 aliphatic rings. The number of benzene rings is 1. The Labute approximate surface area is 82.9 Å². The van der Waals surface area contributed by atoms with Gasteiger partial charge in [-0.1, -0.05) is 6.07 Å². The second kappa shape index (κ2) is 3.25. The fraction of sp³-hybridized carbons (Fsp3) is 0.273. The van der Waals surface area contributed by atoms with Crippen LogP contribution >= 0.6 is 0 Å². The summed E-state index contributed by atoms with van der Waals surface area (Å²) < 4.78 is 5.48. The third-order valence-corrected chi connectivity index (χ3v) is 2.34. The first-order chi connectivity index (χ1) is 6.74. The molecule has 1 heterocycles. The summed E-state index contributed by atoms with van der Waals surface area (Å²) in [6, 6.07) is 3.91. The standard InChI is InChI=1S/C11H14N2O/c1-3-14-9-6-13-11-7(2)4-5-8(12)10(9)11/h4-6,13H,3,12H2,1-2H3. The van der Waals surface area contributed by atoms with Crippen molar-refractivity contribution in [1.82, 2.24) is 4.98 Å². The molecule has 0 atom stereocenters. The monoisotopic (exact) mass is 190 g/mol. The first kappa shape index (κ1) is 8.94. The molecule has 1 aromatic carbocycles. The largest absolute Gasteiger partial charge is 0.492 e. The minimum absolute atomic E-state index is 0.653. The summed E-state index contributed by atoms with van der Waals surface area (Å²) in [7, 11) is 0. The Bertz CT molecular complexity index is 460. The van der Waals surface area contributed by atoms with Crippen molar-refractivity contribution in [3.63, 3.8) is 0 Å². The van der Waals surface area contributed by atoms with Crippen LogP contribution in [0.3, 0.4) is 0 Å². The zero-order chi connectivity index (χ0) is 10.1. The van der Waals surface area contributed by atoms with E-state index in [-0.39, 0.29) is 0 Å². The summed E-state index contributed by atoms with van der Waals surface area (Å²) in [6.45, 7) is 4.67. The lowest BCUT2D eigenvalue weighted by molar-refractivity contribution is 0.344. The zero-order valence-electron chi connectivity index (χ0n) is 8.42. The average molecular weight is 190 g/mol. The van der Waals surface area contributed by atoms with Crippen LogP contribution < -0.4 is 10.5 Å². The van der Waals surface area contributed by atoms with Gasteiger partial charge in [0.1, 0.15) is 5.75 Å². The maximum atomic E-state index is 5.90. The van der Waals surface area contributed by atoms with Crippen LogP contribution in [0.15, 0.2) is 18.3 Å². The van der Waals surface area contributed by atoms with Crippen LogP contribution in [0, 0.1) is 6.92 Å². The fourth-order valence-corrected chi connectivity index (χ4v) is 1.65. The van der Waals surface area contributed by atoms with Gasteiger partial charge >= 0.3 is 0 Å². The van der Waals surface area contributed by atoms with Crippen LogP contribution in [0.2, 0.25) is 0 Å². The zero-order valence-corrected chi connectivity index (χ0v) is 8.42. The minimum Gasteiger partial charge on any atom is -0.492 e. The summed E-state index contributed by atoms with van der Waals surface area (Å²) in [5.74, 6) is 0.837. The lowest BCUT2D eigenvalue weighted by Crippen LogP contribution is -1.92. The summed E-state index contributed by atoms with van der Waals surface area (Å²) in [5, 5.41) is 0.992. The number of hydrogen-bond acceptors (Lipinski definition) is 2. The molecule has 0 saturated heterocycles. The van der Waals surface area contributed by atoms with E-state index in [1.54, 1.807) is 0 Å². The SMILES string of the molecule is CCOc1c[nH]c2c(C)ccc(N)c12. The van der Waals surface area contributed by atoms with Crippen LogP contribution in [0.25, 0.3) is 10.9 Å². The molecule has 0 radical (unpaired) electrons. The molecule has 2 rings (SSSR count). The molecule has 3 N–H and O–H groups in total. The number of hydrogen-bond donors (Lipinski definition) is 2. The number of aryl methyl sites for hydroxylation is 1. The number of rotatable bonds is 2. The Balaban J connectivity index is 2.70. The van der Waals surface area contributed by atoms with Crippen molar-refractivity contribution in [2.45, 2.75) is 13.8 Å². The summed E-state index contributed by atoms with van der Waals surface area (Å²) >= 11 is 0. The van der Waals surface area contributed by atoms with Crippen molar-refractivity contribution in [2.75, 3.05) is 12.3 Å². The summed E-state index contributed by atoms with van der Waals surface area (Å²) in [4.78, 5) is 3.18. The Hall–Kier alpha value is -1.64. The molecule has 0 saturated carbocycles. The highest BCUT2D eigenvalue weighted by molar-refractivity contribution is 5.98. The van der Waals surface area contributed by atoms with Crippen LogP contribution in [0.5, 0.6) is 5.75 Å². The van der Waals surface area contributed by atoms with Gasteiger partial charge in [0.25, 0.3) is 0 Å². The Morgan fingerprint density at radius 1 is 1.43 bits per heavy atom. The first-order valence-electron chi connectivity index (χ1n) is 4.73. The van der Waals surface area contributed by atoms with Gasteiger partial charge in [-0.15, -0.1) is 0 Å². The van der Waals surface area contributed by atoms with E-state index in [1.165, 1.54) is 5.56 Å². The van der Waals surface area contributed by atoms with Crippen molar-refractivity contribution in [3.05, 3.63) is 23.9 Å². The fourth-order valence-electron chi connectivity index (χ4n) is 1.65. The average Bonchev–Trinajstić information content (AvgIpc) is 2.58. The first-order valence-corrected chi connectivity index (χ1v) is 4.73. The van der Waals surface area contributed by atoms with Gasteiger partial charge in [-0.05, 0) is 25.5 Å². The third-order valence-electron chi connectivity index (χ3n) is 2.34. The second-order valence-electron chi connectivity index (χ2n) is 3.31. The van der Waals surface area contributed by atoms with Crippen LogP contribution in [-0.4, -0.2) is 11.6 Å². The van der Waals surface area contributed by atoms with Gasteiger partial charge in [0.15, 0.2) is 0 Å². The number of ether oxygens (including phenoxy) is 1. The number of nitrogen functional groups attached to an aromatic ring is 1. The number of aromatic nitrogens is 1. The number of anilines is 1. The van der Waals surface area contributed by atoms with Gasteiger partial charge in [0.05, 0.1) is 17.5 Å². The van der Waals surface area contributed by atoms with Crippen LogP contribution in [0.1, 0.15) is 12.5 Å². The molecule has 1 aromatic heterocycles. The Morgan fingerprint density at radius 3 is 2.93 bits per heavy atom. The molecule has 14 heavy (non-hydrogen) atoms. The molecule has 0 aliphatic carbocycles. The molecule has 3 heteroatoms.